The minimum absolute atomic E-state index is 0.109. The fourth-order valence-electron chi connectivity index (χ4n) is 0.688. The van der Waals surface area contributed by atoms with Gasteiger partial charge in [-0.1, -0.05) is 0 Å². The predicted molar refractivity (Wildman–Crippen MR) is 43.4 cm³/mol. The maximum Gasteiger partial charge on any atom is 0.369 e. The van der Waals surface area contributed by atoms with Gasteiger partial charge in [-0.2, -0.15) is 8.42 Å². The normalized spacial score (nSPS) is 10.9. The van der Waals surface area contributed by atoms with Crippen molar-refractivity contribution in [3.05, 3.63) is 12.3 Å². The van der Waals surface area contributed by atoms with Crippen molar-refractivity contribution >= 4 is 22.2 Å². The van der Waals surface area contributed by atoms with Crippen LogP contribution in [-0.4, -0.2) is 34.4 Å². The van der Waals surface area contributed by atoms with Crippen LogP contribution in [0.25, 0.3) is 0 Å². The van der Waals surface area contributed by atoms with Crippen LogP contribution >= 0.6 is 0 Å². The van der Waals surface area contributed by atoms with E-state index in [0.29, 0.717) is 0 Å². The van der Waals surface area contributed by atoms with Crippen LogP contribution in [0.2, 0.25) is 0 Å². The Morgan fingerprint density at radius 2 is 2.21 bits per heavy atom. The molecule has 1 heterocycles. The Labute approximate surface area is 78.4 Å². The summed E-state index contributed by atoms with van der Waals surface area (Å²) < 4.78 is 29.8. The molecule has 0 atom stereocenters. The van der Waals surface area contributed by atoms with E-state index >= 15 is 0 Å². The molecule has 9 nitrogen and oxygen atoms in total. The van der Waals surface area contributed by atoms with Crippen LogP contribution in [0.3, 0.4) is 0 Å². The summed E-state index contributed by atoms with van der Waals surface area (Å²) in [5, 5.41) is 9.52. The van der Waals surface area contributed by atoms with E-state index in [1.54, 1.807) is 0 Å². The topological polar surface area (TPSA) is 139 Å². The van der Waals surface area contributed by atoms with Gasteiger partial charge in [0.2, 0.25) is 0 Å². The molecule has 1 aromatic rings. The van der Waals surface area contributed by atoms with E-state index in [9.17, 15) is 13.2 Å². The summed E-state index contributed by atoms with van der Waals surface area (Å²) in [6.45, 7) is 0. The molecule has 0 bridgehead atoms. The van der Waals surface area contributed by atoms with Crippen molar-refractivity contribution in [1.82, 2.24) is 15.4 Å². The van der Waals surface area contributed by atoms with Gasteiger partial charge < -0.3 is 5.73 Å². The average molecular weight is 219 g/mol. The largest absolute Gasteiger partial charge is 0.369 e. The Morgan fingerprint density at radius 1 is 1.57 bits per heavy atom. The Kier molecular flexibility index (Phi) is 2.58. The number of amides is 2. The van der Waals surface area contributed by atoms with E-state index in [4.69, 9.17) is 10.3 Å². The number of anilines is 1. The minimum Gasteiger partial charge on any atom is -0.350 e. The summed E-state index contributed by atoms with van der Waals surface area (Å²) in [5.74, 6) is -0.435. The molecular weight excluding hydrogens is 214 g/mol. The first-order chi connectivity index (χ1) is 6.43. The third kappa shape index (κ3) is 2.11. The zero-order valence-electron chi connectivity index (χ0n) is 6.60. The highest BCUT2D eigenvalue weighted by atomic mass is 32.2. The minimum atomic E-state index is -4.79. The molecule has 0 saturated heterocycles. The first kappa shape index (κ1) is 10.3. The molecule has 1 rings (SSSR count). The van der Waals surface area contributed by atoms with Gasteiger partial charge in [0.15, 0.2) is 5.82 Å². The number of nitrogens with zero attached hydrogens (tertiary/aromatic N) is 4. The smallest absolute Gasteiger partial charge is 0.350 e. The second-order valence-corrected chi connectivity index (χ2v) is 3.32. The number of hydrogen-bond acceptors (Lipinski definition) is 6. The summed E-state index contributed by atoms with van der Waals surface area (Å²) >= 11 is 0. The second kappa shape index (κ2) is 3.51. The van der Waals surface area contributed by atoms with Gasteiger partial charge >= 0.3 is 16.3 Å². The van der Waals surface area contributed by atoms with Crippen molar-refractivity contribution in [3.8, 4) is 0 Å². The number of urea groups is 1. The van der Waals surface area contributed by atoms with Crippen molar-refractivity contribution in [1.29, 1.82) is 0 Å². The summed E-state index contributed by atoms with van der Waals surface area (Å²) in [7, 11) is -4.79. The van der Waals surface area contributed by atoms with Gasteiger partial charge in [-0.15, -0.1) is 14.5 Å². The number of carbonyl (C=O) groups is 1. The molecule has 14 heavy (non-hydrogen) atoms. The fourth-order valence-corrected chi connectivity index (χ4v) is 1.25. The molecule has 10 heteroatoms. The summed E-state index contributed by atoms with van der Waals surface area (Å²) in [6.07, 6.45) is 1.09. The van der Waals surface area contributed by atoms with E-state index in [2.05, 4.69) is 15.4 Å². The van der Waals surface area contributed by atoms with Gasteiger partial charge in [-0.3, -0.25) is 4.55 Å². The molecular formula is C4H5N5O4S. The van der Waals surface area contributed by atoms with E-state index in [1.165, 1.54) is 0 Å². The predicted octanol–water partition coefficient (Wildman–Crippen LogP) is -1.44. The highest BCUT2D eigenvalue weighted by Crippen LogP contribution is 2.10. The summed E-state index contributed by atoms with van der Waals surface area (Å²) in [5.41, 5.74) is 4.71. The van der Waals surface area contributed by atoms with Crippen molar-refractivity contribution in [2.75, 3.05) is 4.31 Å². The van der Waals surface area contributed by atoms with E-state index < -0.39 is 22.2 Å². The molecule has 0 fully saturated rings. The lowest BCUT2D eigenvalue weighted by Crippen LogP contribution is -2.41. The SMILES string of the molecule is NC(=O)N(c1ccnnn1)S(=O)(=O)O. The highest BCUT2D eigenvalue weighted by Gasteiger charge is 2.26. The van der Waals surface area contributed by atoms with Crippen molar-refractivity contribution in [2.24, 2.45) is 5.73 Å². The van der Waals surface area contributed by atoms with Crippen LogP contribution in [-0.2, 0) is 10.3 Å². The molecule has 0 aliphatic rings. The van der Waals surface area contributed by atoms with Crippen LogP contribution in [0.15, 0.2) is 12.3 Å². The first-order valence-electron chi connectivity index (χ1n) is 3.14. The quantitative estimate of drug-likeness (QED) is 0.580. The molecule has 0 unspecified atom stereocenters. The Balaban J connectivity index is 3.22. The van der Waals surface area contributed by atoms with Crippen molar-refractivity contribution < 1.29 is 17.8 Å². The molecule has 0 aliphatic heterocycles. The van der Waals surface area contributed by atoms with E-state index in [0.717, 1.165) is 12.3 Å². The molecule has 0 aromatic carbocycles. The fraction of sp³-hybridized carbons (Fsp3) is 0. The first-order valence-corrected chi connectivity index (χ1v) is 4.54. The van der Waals surface area contributed by atoms with Gasteiger partial charge in [0.05, 0.1) is 6.20 Å². The van der Waals surface area contributed by atoms with Crippen molar-refractivity contribution in [2.45, 2.75) is 0 Å². The number of hydrogen-bond donors (Lipinski definition) is 2. The highest BCUT2D eigenvalue weighted by molar-refractivity contribution is 7.88. The molecule has 0 aliphatic carbocycles. The lowest BCUT2D eigenvalue weighted by Gasteiger charge is -2.12. The van der Waals surface area contributed by atoms with Gasteiger partial charge in [-0.25, -0.2) is 4.79 Å². The van der Waals surface area contributed by atoms with Gasteiger partial charge in [0, 0.05) is 6.07 Å². The number of aromatic nitrogens is 3. The molecule has 1 aromatic heterocycles. The third-order valence-corrected chi connectivity index (χ3v) is 1.96. The van der Waals surface area contributed by atoms with Gasteiger partial charge in [0.25, 0.3) is 0 Å². The third-order valence-electron chi connectivity index (χ3n) is 1.13. The summed E-state index contributed by atoms with van der Waals surface area (Å²) in [4.78, 5) is 10.7. The maximum absolute atomic E-state index is 10.7. The number of carbonyl (C=O) groups excluding carboxylic acids is 1. The molecule has 76 valence electrons. The van der Waals surface area contributed by atoms with Crippen molar-refractivity contribution in [3.63, 3.8) is 0 Å². The van der Waals surface area contributed by atoms with Crippen LogP contribution in [0.5, 0.6) is 0 Å². The molecule has 0 saturated carbocycles. The van der Waals surface area contributed by atoms with Gasteiger partial charge in [-0.05, 0) is 5.21 Å². The molecule has 0 radical (unpaired) electrons. The maximum atomic E-state index is 10.7. The van der Waals surface area contributed by atoms with E-state index in [-0.39, 0.29) is 4.31 Å². The van der Waals surface area contributed by atoms with Crippen LogP contribution in [0.1, 0.15) is 0 Å². The lowest BCUT2D eigenvalue weighted by atomic mass is 10.6. The Bertz CT molecular complexity index is 430. The van der Waals surface area contributed by atoms with Gasteiger partial charge in [0.1, 0.15) is 0 Å². The number of nitrogens with two attached hydrogens (primary N) is 1. The monoisotopic (exact) mass is 219 g/mol. The zero-order valence-corrected chi connectivity index (χ0v) is 7.42. The summed E-state index contributed by atoms with van der Waals surface area (Å²) in [6, 6.07) is -0.348. The lowest BCUT2D eigenvalue weighted by molar-refractivity contribution is 0.256. The zero-order chi connectivity index (χ0) is 10.8. The number of rotatable bonds is 2. The van der Waals surface area contributed by atoms with Crippen LogP contribution in [0.4, 0.5) is 10.6 Å². The molecule has 0 spiro atoms. The molecule has 2 amide bonds. The van der Waals surface area contributed by atoms with Crippen LogP contribution < -0.4 is 10.0 Å². The molecule has 3 N–H and O–H groups in total. The number of primary amides is 1. The Morgan fingerprint density at radius 3 is 2.57 bits per heavy atom. The Hall–Kier alpha value is -1.81. The van der Waals surface area contributed by atoms with E-state index in [1.807, 2.05) is 0 Å². The standard InChI is InChI=1S/C4H5N5O4S/c5-4(10)9(14(11,12)13)3-1-2-6-8-7-3/h1-2H,(H2,5,10)(H,11,12,13). The second-order valence-electron chi connectivity index (χ2n) is 2.06. The van der Waals surface area contributed by atoms with Crippen LogP contribution in [0, 0.1) is 0 Å². The average Bonchev–Trinajstić information content (AvgIpc) is 2.02.